The van der Waals surface area contributed by atoms with Crippen molar-refractivity contribution in [2.75, 3.05) is 0 Å². The van der Waals surface area contributed by atoms with Gasteiger partial charge in [0.05, 0.1) is 5.92 Å². The number of aliphatic hydroxyl groups is 1. The molecule has 5 nitrogen and oxygen atoms in total. The highest BCUT2D eigenvalue weighted by atomic mass is 19.4. The summed E-state index contributed by atoms with van der Waals surface area (Å²) in [5.41, 5.74) is 1.50. The number of fused-ring (bicyclic) bond motifs is 5. The van der Waals surface area contributed by atoms with E-state index in [9.17, 15) is 31.4 Å². The van der Waals surface area contributed by atoms with Gasteiger partial charge in [-0.15, -0.1) is 0 Å². The van der Waals surface area contributed by atoms with Crippen LogP contribution in [0.5, 0.6) is 0 Å². The smallest absolute Gasteiger partial charge is 0.377 e. The van der Waals surface area contributed by atoms with Crippen molar-refractivity contribution in [1.82, 2.24) is 16.2 Å². The highest BCUT2D eigenvalue weighted by Crippen LogP contribution is 2.43. The van der Waals surface area contributed by atoms with E-state index in [0.29, 0.717) is 25.7 Å². The second kappa shape index (κ2) is 8.38. The zero-order valence-electron chi connectivity index (χ0n) is 17.2. The lowest BCUT2D eigenvalue weighted by Gasteiger charge is -2.43. The van der Waals surface area contributed by atoms with Crippen LogP contribution in [0.3, 0.4) is 0 Å². The quantitative estimate of drug-likeness (QED) is 0.426. The molecule has 0 aromatic carbocycles. The first-order valence-corrected chi connectivity index (χ1v) is 10.5. The Hall–Kier alpha value is -0.620. The molecule has 3 saturated heterocycles. The zero-order chi connectivity index (χ0) is 22.4. The molecule has 4 N–H and O–H groups in total. The maximum absolute atomic E-state index is 13.7. The van der Waals surface area contributed by atoms with Crippen LogP contribution in [0.15, 0.2) is 0 Å². The van der Waals surface area contributed by atoms with Gasteiger partial charge in [0.2, 0.25) is 5.60 Å². The van der Waals surface area contributed by atoms with E-state index in [2.05, 4.69) is 16.2 Å². The maximum atomic E-state index is 13.7. The molecule has 3 aliphatic rings. The third kappa shape index (κ3) is 5.06. The summed E-state index contributed by atoms with van der Waals surface area (Å²) in [6, 6.07) is -1.46. The van der Waals surface area contributed by atoms with Gasteiger partial charge in [-0.25, -0.2) is 10.9 Å². The lowest BCUT2D eigenvalue weighted by Crippen LogP contribution is -2.59. The first kappa shape index (κ1) is 24.0. The number of rotatable bonds is 0. The highest BCUT2D eigenvalue weighted by Gasteiger charge is 2.61. The lowest BCUT2D eigenvalue weighted by molar-refractivity contribution is -0.300. The molecule has 0 spiro atoms. The van der Waals surface area contributed by atoms with E-state index < -0.39 is 60.2 Å². The number of hydrogen-bond acceptors (Lipinski definition) is 5. The molecule has 176 valence electrons. The molecular formula is C19H31F6N3O2. The van der Waals surface area contributed by atoms with Crippen LogP contribution >= 0.6 is 0 Å². The number of nitrogens with one attached hydrogen (secondary N) is 3. The van der Waals surface area contributed by atoms with Crippen LogP contribution in [-0.2, 0) is 4.74 Å². The number of hydrazine groups is 1. The minimum absolute atomic E-state index is 0.0949. The van der Waals surface area contributed by atoms with Crippen molar-refractivity contribution in [3.8, 4) is 0 Å². The molecular weight excluding hydrogens is 416 g/mol. The molecule has 4 bridgehead atoms. The topological polar surface area (TPSA) is 65.5 Å². The minimum atomic E-state index is -4.92. The van der Waals surface area contributed by atoms with E-state index in [1.54, 1.807) is 0 Å². The van der Waals surface area contributed by atoms with Crippen LogP contribution < -0.4 is 16.2 Å². The fourth-order valence-electron chi connectivity index (χ4n) is 4.96. The zero-order valence-corrected chi connectivity index (χ0v) is 17.2. The molecule has 3 fully saturated rings. The molecule has 0 saturated carbocycles. The lowest BCUT2D eigenvalue weighted by atomic mass is 9.74. The second-order valence-corrected chi connectivity index (χ2v) is 9.68. The van der Waals surface area contributed by atoms with Crippen LogP contribution in [0.2, 0.25) is 0 Å². The van der Waals surface area contributed by atoms with E-state index in [-0.39, 0.29) is 19.3 Å². The third-order valence-electron chi connectivity index (χ3n) is 6.74. The van der Waals surface area contributed by atoms with Crippen LogP contribution in [0.1, 0.15) is 65.2 Å². The predicted octanol–water partition coefficient (Wildman–Crippen LogP) is 3.74. The van der Waals surface area contributed by atoms with Gasteiger partial charge in [0, 0.05) is 12.1 Å². The van der Waals surface area contributed by atoms with Gasteiger partial charge in [0.1, 0.15) is 6.23 Å². The van der Waals surface area contributed by atoms with Crippen molar-refractivity contribution >= 4 is 0 Å². The van der Waals surface area contributed by atoms with Gasteiger partial charge in [0.25, 0.3) is 0 Å². The standard InChI is InChI=1S/C19H31F6N3O2/c1-16(2)8-4-3-5-9-17(29,19(23,24)25)15-28-27-14(30-15)12-7-6-11(18(20,21)22)13(10-16)26-12/h11-15,26-29H,3-10H2,1-2H3/t11?,12?,13?,14?,15?,17-/m1/s1. The van der Waals surface area contributed by atoms with Crippen molar-refractivity contribution < 1.29 is 36.2 Å². The highest BCUT2D eigenvalue weighted by molar-refractivity contribution is 4.99. The number of halogens is 6. The van der Waals surface area contributed by atoms with Gasteiger partial charge < -0.3 is 15.2 Å². The fraction of sp³-hybridized carbons (Fsp3) is 1.00. The normalized spacial score (nSPS) is 41.3. The molecule has 0 aromatic heterocycles. The van der Waals surface area contributed by atoms with Gasteiger partial charge in [-0.2, -0.15) is 26.3 Å². The SMILES string of the molecule is CC1(C)CCCCC[C@](O)(C(F)(F)F)C2NNC(O2)C2CCC(C(F)(F)F)C(C1)N2. The fourth-order valence-corrected chi connectivity index (χ4v) is 4.96. The van der Waals surface area contributed by atoms with E-state index in [0.717, 1.165) is 0 Å². The maximum Gasteiger partial charge on any atom is 0.421 e. The summed E-state index contributed by atoms with van der Waals surface area (Å²) in [4.78, 5) is 0. The second-order valence-electron chi connectivity index (χ2n) is 9.68. The summed E-state index contributed by atoms with van der Waals surface area (Å²) >= 11 is 0. The molecule has 11 heteroatoms. The molecule has 0 amide bonds. The molecule has 0 radical (unpaired) electrons. The Balaban J connectivity index is 1.86. The number of piperidine rings is 1. The van der Waals surface area contributed by atoms with Crippen LogP contribution in [0.25, 0.3) is 0 Å². The number of hydrogen-bond donors (Lipinski definition) is 4. The van der Waals surface area contributed by atoms with Crippen molar-refractivity contribution in [3.63, 3.8) is 0 Å². The van der Waals surface area contributed by atoms with Crippen molar-refractivity contribution in [1.29, 1.82) is 0 Å². The molecule has 6 atom stereocenters. The van der Waals surface area contributed by atoms with Gasteiger partial charge >= 0.3 is 12.4 Å². The van der Waals surface area contributed by atoms with Crippen LogP contribution in [0.4, 0.5) is 26.3 Å². The Morgan fingerprint density at radius 3 is 2.20 bits per heavy atom. The van der Waals surface area contributed by atoms with Gasteiger partial charge in [0.15, 0.2) is 6.23 Å². The molecule has 3 aliphatic heterocycles. The Kier molecular flexibility index (Phi) is 6.71. The Morgan fingerprint density at radius 2 is 1.57 bits per heavy atom. The summed E-state index contributed by atoms with van der Waals surface area (Å²) in [7, 11) is 0. The van der Waals surface area contributed by atoms with E-state index in [4.69, 9.17) is 4.74 Å². The van der Waals surface area contributed by atoms with Crippen LogP contribution in [-0.4, -0.2) is 47.6 Å². The molecule has 30 heavy (non-hydrogen) atoms. The summed E-state index contributed by atoms with van der Waals surface area (Å²) in [5, 5.41) is 13.5. The van der Waals surface area contributed by atoms with Crippen LogP contribution in [0, 0.1) is 11.3 Å². The molecule has 0 aromatic rings. The predicted molar refractivity (Wildman–Crippen MR) is 96.9 cm³/mol. The average molecular weight is 447 g/mol. The van der Waals surface area contributed by atoms with Gasteiger partial charge in [-0.1, -0.05) is 33.1 Å². The molecule has 5 unspecified atom stereocenters. The Labute approximate surface area is 172 Å². The summed E-state index contributed by atoms with van der Waals surface area (Å²) in [6.45, 7) is 3.79. The summed E-state index contributed by atoms with van der Waals surface area (Å²) in [6.07, 6.45) is -10.5. The van der Waals surface area contributed by atoms with Crippen molar-refractivity contribution in [2.24, 2.45) is 11.3 Å². The average Bonchev–Trinajstić information content (AvgIpc) is 3.08. The molecule has 3 heterocycles. The van der Waals surface area contributed by atoms with Crippen molar-refractivity contribution in [3.05, 3.63) is 0 Å². The Morgan fingerprint density at radius 1 is 0.900 bits per heavy atom. The largest absolute Gasteiger partial charge is 0.421 e. The van der Waals surface area contributed by atoms with Gasteiger partial charge in [-0.3, -0.25) is 0 Å². The molecule has 0 aliphatic carbocycles. The van der Waals surface area contributed by atoms with E-state index in [1.165, 1.54) is 0 Å². The number of alkyl halides is 6. The summed E-state index contributed by atoms with van der Waals surface area (Å²) in [5.74, 6) is -1.52. The Bertz CT molecular complexity index is 600. The van der Waals surface area contributed by atoms with Crippen molar-refractivity contribution in [2.45, 2.75) is 108 Å². The van der Waals surface area contributed by atoms with Gasteiger partial charge in [-0.05, 0) is 37.5 Å². The molecule has 3 rings (SSSR count). The minimum Gasteiger partial charge on any atom is -0.377 e. The first-order valence-electron chi connectivity index (χ1n) is 10.5. The third-order valence-corrected chi connectivity index (χ3v) is 6.74. The summed E-state index contributed by atoms with van der Waals surface area (Å²) < 4.78 is 87.4. The van der Waals surface area contributed by atoms with E-state index >= 15 is 0 Å². The van der Waals surface area contributed by atoms with E-state index in [1.807, 2.05) is 13.8 Å². The number of ether oxygens (including phenoxy) is 1. The first-order chi connectivity index (χ1) is 13.7. The monoisotopic (exact) mass is 447 g/mol.